The molecule has 1 aliphatic heterocycles. The Morgan fingerprint density at radius 1 is 1.80 bits per heavy atom. The van der Waals surface area contributed by atoms with E-state index in [1.165, 1.54) is 11.3 Å². The molecule has 15 heavy (non-hydrogen) atoms. The van der Waals surface area contributed by atoms with Gasteiger partial charge in [0, 0.05) is 24.2 Å². The number of aromatic nitrogens is 1. The number of nitrogens with one attached hydrogen (secondary N) is 2. The molecule has 1 unspecified atom stereocenters. The van der Waals surface area contributed by atoms with Crippen LogP contribution < -0.4 is 10.6 Å². The van der Waals surface area contributed by atoms with Crippen molar-refractivity contribution in [1.82, 2.24) is 10.3 Å². The van der Waals surface area contributed by atoms with E-state index >= 15 is 0 Å². The Morgan fingerprint density at radius 3 is 3.27 bits per heavy atom. The normalized spacial score (nSPS) is 21.3. The van der Waals surface area contributed by atoms with E-state index in [0.717, 1.165) is 11.4 Å². The lowest BCUT2D eigenvalue weighted by Gasteiger charge is -2.22. The van der Waals surface area contributed by atoms with Gasteiger partial charge in [0.05, 0.1) is 6.61 Å². The maximum Gasteiger partial charge on any atom is 0.256 e. The number of thiazole rings is 1. The Hall–Kier alpha value is -0.980. The van der Waals surface area contributed by atoms with Crippen LogP contribution in [0.15, 0.2) is 6.20 Å². The lowest BCUT2D eigenvalue weighted by Crippen LogP contribution is -2.45. The van der Waals surface area contributed by atoms with Crippen molar-refractivity contribution in [2.75, 3.05) is 25.0 Å². The molecule has 0 bridgehead atoms. The molecule has 0 saturated carbocycles. The van der Waals surface area contributed by atoms with Crippen molar-refractivity contribution in [2.45, 2.75) is 13.0 Å². The zero-order chi connectivity index (χ0) is 10.7. The molecule has 2 N–H and O–H groups in total. The van der Waals surface area contributed by atoms with Crippen molar-refractivity contribution in [3.05, 3.63) is 11.1 Å². The summed E-state index contributed by atoms with van der Waals surface area (Å²) in [7, 11) is 0. The maximum absolute atomic E-state index is 11.7. The van der Waals surface area contributed by atoms with Gasteiger partial charge in [0.2, 0.25) is 0 Å². The van der Waals surface area contributed by atoms with Crippen LogP contribution in [0.2, 0.25) is 0 Å². The summed E-state index contributed by atoms with van der Waals surface area (Å²) >= 11 is 1.46. The van der Waals surface area contributed by atoms with Crippen molar-refractivity contribution in [2.24, 2.45) is 0 Å². The standard InChI is InChI=1S/C9H13N3O2S/c1-6-4-11-9(15-6)12-8(13)7-5-10-2-3-14-7/h4,7,10H,2-3,5H2,1H3,(H,11,12,13). The van der Waals surface area contributed by atoms with Crippen LogP contribution in [0.25, 0.3) is 0 Å². The van der Waals surface area contributed by atoms with Crippen molar-refractivity contribution in [3.8, 4) is 0 Å². The van der Waals surface area contributed by atoms with Gasteiger partial charge in [0.1, 0.15) is 6.10 Å². The molecule has 0 radical (unpaired) electrons. The average molecular weight is 227 g/mol. The first-order valence-corrected chi connectivity index (χ1v) is 5.63. The number of rotatable bonds is 2. The van der Waals surface area contributed by atoms with Crippen LogP contribution in [0.5, 0.6) is 0 Å². The summed E-state index contributed by atoms with van der Waals surface area (Å²) in [5.74, 6) is -0.128. The quantitative estimate of drug-likeness (QED) is 0.766. The molecule has 1 aromatic rings. The summed E-state index contributed by atoms with van der Waals surface area (Å²) in [6.07, 6.45) is 1.34. The van der Waals surface area contributed by atoms with Gasteiger partial charge in [-0.05, 0) is 6.92 Å². The molecule has 1 aromatic heterocycles. The maximum atomic E-state index is 11.7. The Morgan fingerprint density at radius 2 is 2.67 bits per heavy atom. The predicted molar refractivity (Wildman–Crippen MR) is 58.1 cm³/mol. The second-order valence-electron chi connectivity index (χ2n) is 3.33. The van der Waals surface area contributed by atoms with Crippen LogP contribution in [0, 0.1) is 6.92 Å². The van der Waals surface area contributed by atoms with Crippen molar-refractivity contribution >= 4 is 22.4 Å². The third-order valence-electron chi connectivity index (χ3n) is 2.07. The lowest BCUT2D eigenvalue weighted by molar-refractivity contribution is -0.128. The number of morpholine rings is 1. The molecule has 1 amide bonds. The molecule has 1 saturated heterocycles. The SMILES string of the molecule is Cc1cnc(NC(=O)C2CNCCO2)s1. The number of hydrogen-bond acceptors (Lipinski definition) is 5. The predicted octanol–water partition coefficient (Wildman–Crippen LogP) is 0.378. The number of anilines is 1. The first-order chi connectivity index (χ1) is 7.25. The van der Waals surface area contributed by atoms with Crippen LogP contribution in [0.4, 0.5) is 5.13 Å². The number of ether oxygens (including phenoxy) is 1. The first-order valence-electron chi connectivity index (χ1n) is 4.81. The first kappa shape index (κ1) is 10.5. The number of hydrogen-bond donors (Lipinski definition) is 2. The van der Waals surface area contributed by atoms with E-state index in [-0.39, 0.29) is 5.91 Å². The van der Waals surface area contributed by atoms with Gasteiger partial charge in [-0.25, -0.2) is 4.98 Å². The summed E-state index contributed by atoms with van der Waals surface area (Å²) in [5, 5.41) is 6.47. The van der Waals surface area contributed by atoms with Crippen LogP contribution in [-0.2, 0) is 9.53 Å². The number of carbonyl (C=O) groups is 1. The van der Waals surface area contributed by atoms with E-state index in [1.54, 1.807) is 6.20 Å². The number of amides is 1. The van der Waals surface area contributed by atoms with E-state index in [4.69, 9.17) is 4.74 Å². The molecule has 1 fully saturated rings. The Kier molecular flexibility index (Phi) is 3.30. The van der Waals surface area contributed by atoms with Crippen molar-refractivity contribution < 1.29 is 9.53 Å². The van der Waals surface area contributed by atoms with Crippen LogP contribution >= 0.6 is 11.3 Å². The Bertz CT molecular complexity index is 347. The van der Waals surface area contributed by atoms with Gasteiger partial charge in [-0.2, -0.15) is 0 Å². The Labute approximate surface area is 91.9 Å². The molecule has 0 aromatic carbocycles. The lowest BCUT2D eigenvalue weighted by atomic mass is 10.3. The monoisotopic (exact) mass is 227 g/mol. The molecule has 0 aliphatic carbocycles. The van der Waals surface area contributed by atoms with E-state index in [2.05, 4.69) is 15.6 Å². The highest BCUT2D eigenvalue weighted by atomic mass is 32.1. The summed E-state index contributed by atoms with van der Waals surface area (Å²) in [6.45, 7) is 3.90. The molecule has 2 heterocycles. The van der Waals surface area contributed by atoms with Crippen LogP contribution in [0.3, 0.4) is 0 Å². The second-order valence-corrected chi connectivity index (χ2v) is 4.56. The molecular formula is C9H13N3O2S. The number of nitrogens with zero attached hydrogens (tertiary/aromatic N) is 1. The Balaban J connectivity index is 1.91. The fourth-order valence-electron chi connectivity index (χ4n) is 1.33. The van der Waals surface area contributed by atoms with Gasteiger partial charge in [-0.1, -0.05) is 0 Å². The molecule has 0 spiro atoms. The van der Waals surface area contributed by atoms with Gasteiger partial charge in [-0.3, -0.25) is 10.1 Å². The summed E-state index contributed by atoms with van der Waals surface area (Å²) in [6, 6.07) is 0. The third-order valence-corrected chi connectivity index (χ3v) is 2.90. The van der Waals surface area contributed by atoms with Gasteiger partial charge < -0.3 is 10.1 Å². The van der Waals surface area contributed by atoms with E-state index in [0.29, 0.717) is 18.3 Å². The summed E-state index contributed by atoms with van der Waals surface area (Å²) in [5.41, 5.74) is 0. The zero-order valence-corrected chi connectivity index (χ0v) is 9.26. The van der Waals surface area contributed by atoms with Gasteiger partial charge in [0.25, 0.3) is 5.91 Å². The minimum atomic E-state index is -0.400. The highest BCUT2D eigenvalue weighted by Crippen LogP contribution is 2.16. The number of carbonyl (C=O) groups excluding carboxylic acids is 1. The smallest absolute Gasteiger partial charge is 0.256 e. The molecular weight excluding hydrogens is 214 g/mol. The van der Waals surface area contributed by atoms with Crippen molar-refractivity contribution in [1.29, 1.82) is 0 Å². The van der Waals surface area contributed by atoms with Gasteiger partial charge in [-0.15, -0.1) is 11.3 Å². The molecule has 2 rings (SSSR count). The fraction of sp³-hybridized carbons (Fsp3) is 0.556. The molecule has 82 valence electrons. The van der Waals surface area contributed by atoms with Crippen LogP contribution in [0.1, 0.15) is 4.88 Å². The minimum absolute atomic E-state index is 0.128. The summed E-state index contributed by atoms with van der Waals surface area (Å²) < 4.78 is 5.32. The number of aryl methyl sites for hydroxylation is 1. The van der Waals surface area contributed by atoms with E-state index in [1.807, 2.05) is 6.92 Å². The summed E-state index contributed by atoms with van der Waals surface area (Å²) in [4.78, 5) is 16.8. The average Bonchev–Trinajstić information content (AvgIpc) is 2.65. The zero-order valence-electron chi connectivity index (χ0n) is 8.45. The molecule has 1 atom stereocenters. The minimum Gasteiger partial charge on any atom is -0.366 e. The fourth-order valence-corrected chi connectivity index (χ4v) is 2.00. The topological polar surface area (TPSA) is 63.2 Å². The second kappa shape index (κ2) is 4.69. The van der Waals surface area contributed by atoms with Crippen LogP contribution in [-0.4, -0.2) is 36.7 Å². The molecule has 6 heteroatoms. The largest absolute Gasteiger partial charge is 0.366 e. The van der Waals surface area contributed by atoms with Gasteiger partial charge >= 0.3 is 0 Å². The molecule has 5 nitrogen and oxygen atoms in total. The highest BCUT2D eigenvalue weighted by molar-refractivity contribution is 7.15. The highest BCUT2D eigenvalue weighted by Gasteiger charge is 2.22. The van der Waals surface area contributed by atoms with E-state index in [9.17, 15) is 4.79 Å². The van der Waals surface area contributed by atoms with Crippen molar-refractivity contribution in [3.63, 3.8) is 0 Å². The third kappa shape index (κ3) is 2.74. The van der Waals surface area contributed by atoms with Gasteiger partial charge in [0.15, 0.2) is 5.13 Å². The molecule has 1 aliphatic rings. The van der Waals surface area contributed by atoms with E-state index < -0.39 is 6.10 Å².